The van der Waals surface area contributed by atoms with Crippen molar-refractivity contribution in [2.45, 2.75) is 51.1 Å². The molecule has 0 aliphatic carbocycles. The maximum Gasteiger partial charge on any atom is 0.251 e. The van der Waals surface area contributed by atoms with Gasteiger partial charge in [-0.15, -0.1) is 10.2 Å². The molecule has 1 unspecified atom stereocenters. The first-order chi connectivity index (χ1) is 16.9. The highest BCUT2D eigenvalue weighted by Gasteiger charge is 2.23. The highest BCUT2D eigenvalue weighted by Crippen LogP contribution is 2.30. The molecule has 0 radical (unpaired) electrons. The van der Waals surface area contributed by atoms with Gasteiger partial charge in [-0.2, -0.15) is 0 Å². The van der Waals surface area contributed by atoms with Crippen LogP contribution >= 0.6 is 23.4 Å². The van der Waals surface area contributed by atoms with Crippen LogP contribution in [0.3, 0.4) is 0 Å². The Morgan fingerprint density at radius 2 is 1.80 bits per heavy atom. The summed E-state index contributed by atoms with van der Waals surface area (Å²) < 4.78 is 2.01. The number of hydrogen-bond acceptors (Lipinski definition) is 4. The van der Waals surface area contributed by atoms with Gasteiger partial charge in [0.05, 0.1) is 11.7 Å². The highest BCUT2D eigenvalue weighted by molar-refractivity contribution is 7.98. The van der Waals surface area contributed by atoms with Gasteiger partial charge in [0.2, 0.25) is 0 Å². The van der Waals surface area contributed by atoms with Crippen molar-refractivity contribution in [3.63, 3.8) is 0 Å². The van der Waals surface area contributed by atoms with E-state index >= 15 is 0 Å². The topological polar surface area (TPSA) is 59.8 Å². The molecular formula is C28H29ClN4OS. The van der Waals surface area contributed by atoms with E-state index in [1.165, 1.54) is 16.7 Å². The predicted molar refractivity (Wildman–Crippen MR) is 144 cm³/mol. The van der Waals surface area contributed by atoms with Gasteiger partial charge >= 0.3 is 0 Å². The second-order valence-electron chi connectivity index (χ2n) is 8.63. The van der Waals surface area contributed by atoms with Gasteiger partial charge in [-0.3, -0.25) is 9.36 Å². The van der Waals surface area contributed by atoms with E-state index in [0.717, 1.165) is 28.6 Å². The van der Waals surface area contributed by atoms with Crippen LogP contribution in [0, 0.1) is 13.8 Å². The van der Waals surface area contributed by atoms with Crippen LogP contribution in [0.5, 0.6) is 0 Å². The average molecular weight is 505 g/mol. The number of benzene rings is 3. The minimum Gasteiger partial charge on any atom is -0.342 e. The molecule has 0 aliphatic rings. The van der Waals surface area contributed by atoms with Gasteiger partial charge in [-0.05, 0) is 68.1 Å². The van der Waals surface area contributed by atoms with E-state index in [9.17, 15) is 4.79 Å². The number of halogens is 1. The van der Waals surface area contributed by atoms with Crippen LogP contribution in [-0.4, -0.2) is 20.7 Å². The summed E-state index contributed by atoms with van der Waals surface area (Å²) in [4.78, 5) is 13.0. The van der Waals surface area contributed by atoms with Gasteiger partial charge in [-0.1, -0.05) is 78.3 Å². The van der Waals surface area contributed by atoms with E-state index in [0.29, 0.717) is 16.4 Å². The van der Waals surface area contributed by atoms with Gasteiger partial charge in [-0.25, -0.2) is 0 Å². The fourth-order valence-corrected chi connectivity index (χ4v) is 4.95. The second kappa shape index (κ2) is 11.1. The van der Waals surface area contributed by atoms with Gasteiger partial charge in [0.15, 0.2) is 11.0 Å². The zero-order chi connectivity index (χ0) is 24.9. The third kappa shape index (κ3) is 5.95. The Morgan fingerprint density at radius 1 is 1.03 bits per heavy atom. The standard InChI is InChI=1S/C28H29ClN4OS/c1-5-21-10-12-23(13-11-21)27(34)30-20(4)26-31-32-28(35-17-22-8-6-7-18(2)15-22)33(26)25-16-24(29)14-9-19(25)3/h6-16,20H,5,17H2,1-4H3,(H,30,34). The molecule has 5 nitrogen and oxygen atoms in total. The predicted octanol–water partition coefficient (Wildman–Crippen LogP) is 6.88. The number of nitrogens with one attached hydrogen (secondary N) is 1. The van der Waals surface area contributed by atoms with E-state index < -0.39 is 0 Å². The number of hydrogen-bond donors (Lipinski definition) is 1. The van der Waals surface area contributed by atoms with Crippen LogP contribution in [0.25, 0.3) is 5.69 Å². The van der Waals surface area contributed by atoms with E-state index in [1.807, 2.05) is 60.9 Å². The van der Waals surface area contributed by atoms with Gasteiger partial charge in [0.25, 0.3) is 5.91 Å². The third-order valence-corrected chi connectivity index (χ3v) is 7.12. The average Bonchev–Trinajstić information content (AvgIpc) is 3.28. The van der Waals surface area contributed by atoms with Crippen molar-refractivity contribution in [1.29, 1.82) is 0 Å². The minimum absolute atomic E-state index is 0.147. The largest absolute Gasteiger partial charge is 0.342 e. The molecule has 0 bridgehead atoms. The number of carbonyl (C=O) groups excluding carboxylic acids is 1. The maximum absolute atomic E-state index is 13.0. The lowest BCUT2D eigenvalue weighted by Crippen LogP contribution is -2.28. The van der Waals surface area contributed by atoms with Crippen LogP contribution in [0.4, 0.5) is 0 Å². The molecule has 35 heavy (non-hydrogen) atoms. The van der Waals surface area contributed by atoms with Gasteiger partial charge < -0.3 is 5.32 Å². The Hall–Kier alpha value is -3.09. The quantitative estimate of drug-likeness (QED) is 0.265. The van der Waals surface area contributed by atoms with E-state index in [1.54, 1.807) is 11.8 Å². The Bertz CT molecular complexity index is 1330. The summed E-state index contributed by atoms with van der Waals surface area (Å²) in [6.45, 7) is 8.14. The van der Waals surface area contributed by atoms with E-state index in [2.05, 4.69) is 53.6 Å². The zero-order valence-electron chi connectivity index (χ0n) is 20.4. The van der Waals surface area contributed by atoms with Crippen molar-refractivity contribution in [3.05, 3.63) is 105 Å². The number of aryl methyl sites for hydroxylation is 3. The summed E-state index contributed by atoms with van der Waals surface area (Å²) in [5, 5.41) is 13.5. The lowest BCUT2D eigenvalue weighted by molar-refractivity contribution is 0.0938. The lowest BCUT2D eigenvalue weighted by atomic mass is 10.1. The monoisotopic (exact) mass is 504 g/mol. The molecule has 1 aromatic heterocycles. The van der Waals surface area contributed by atoms with Crippen LogP contribution in [-0.2, 0) is 12.2 Å². The Kier molecular flexibility index (Phi) is 7.93. The van der Waals surface area contributed by atoms with Crippen LogP contribution in [0.2, 0.25) is 5.02 Å². The fourth-order valence-electron chi connectivity index (χ4n) is 3.89. The molecule has 1 atom stereocenters. The van der Waals surface area contributed by atoms with E-state index in [-0.39, 0.29) is 11.9 Å². The summed E-state index contributed by atoms with van der Waals surface area (Å²) in [5.41, 5.74) is 6.19. The number of amides is 1. The molecule has 180 valence electrons. The molecule has 1 N–H and O–H groups in total. The molecule has 0 saturated heterocycles. The molecule has 0 saturated carbocycles. The number of nitrogens with zero attached hydrogens (tertiary/aromatic N) is 3. The van der Waals surface area contributed by atoms with Crippen molar-refractivity contribution in [3.8, 4) is 5.69 Å². The van der Waals surface area contributed by atoms with Gasteiger partial charge in [0.1, 0.15) is 0 Å². The normalized spacial score (nSPS) is 11.9. The molecule has 4 aromatic rings. The first-order valence-electron chi connectivity index (χ1n) is 11.7. The fraction of sp³-hybridized carbons (Fsp3) is 0.250. The molecule has 1 amide bonds. The maximum atomic E-state index is 13.0. The van der Waals surface area contributed by atoms with Crippen LogP contribution in [0.15, 0.2) is 71.9 Å². The van der Waals surface area contributed by atoms with Gasteiger partial charge in [0, 0.05) is 16.3 Å². The molecule has 4 rings (SSSR count). The Labute approximate surface area is 215 Å². The van der Waals surface area contributed by atoms with Crippen molar-refractivity contribution >= 4 is 29.3 Å². The SMILES string of the molecule is CCc1ccc(C(=O)NC(C)c2nnc(SCc3cccc(C)c3)n2-c2cc(Cl)ccc2C)cc1. The molecule has 0 spiro atoms. The number of aromatic nitrogens is 3. The summed E-state index contributed by atoms with van der Waals surface area (Å²) in [6.07, 6.45) is 0.934. The minimum atomic E-state index is -0.368. The van der Waals surface area contributed by atoms with Crippen molar-refractivity contribution in [2.75, 3.05) is 0 Å². The van der Waals surface area contributed by atoms with Crippen molar-refractivity contribution < 1.29 is 4.79 Å². The number of rotatable bonds is 8. The zero-order valence-corrected chi connectivity index (χ0v) is 22.0. The number of thioether (sulfide) groups is 1. The summed E-state index contributed by atoms with van der Waals surface area (Å²) in [7, 11) is 0. The molecule has 0 fully saturated rings. The first kappa shape index (κ1) is 25.0. The lowest BCUT2D eigenvalue weighted by Gasteiger charge is -2.18. The van der Waals surface area contributed by atoms with Crippen LogP contribution in [0.1, 0.15) is 58.3 Å². The highest BCUT2D eigenvalue weighted by atomic mass is 35.5. The molecule has 0 aliphatic heterocycles. The second-order valence-corrected chi connectivity index (χ2v) is 10.0. The Balaban J connectivity index is 1.65. The number of carbonyl (C=O) groups is 1. The summed E-state index contributed by atoms with van der Waals surface area (Å²) >= 11 is 7.98. The van der Waals surface area contributed by atoms with Crippen LogP contribution < -0.4 is 5.32 Å². The molecule has 7 heteroatoms. The van der Waals surface area contributed by atoms with Crippen molar-refractivity contribution in [2.24, 2.45) is 0 Å². The first-order valence-corrected chi connectivity index (χ1v) is 13.0. The summed E-state index contributed by atoms with van der Waals surface area (Å²) in [6, 6.07) is 21.5. The van der Waals surface area contributed by atoms with E-state index in [4.69, 9.17) is 11.6 Å². The molecule has 1 heterocycles. The summed E-state index contributed by atoms with van der Waals surface area (Å²) in [5.74, 6) is 1.26. The Morgan fingerprint density at radius 3 is 2.51 bits per heavy atom. The molecular weight excluding hydrogens is 476 g/mol. The van der Waals surface area contributed by atoms with Crippen molar-refractivity contribution in [1.82, 2.24) is 20.1 Å². The third-order valence-electron chi connectivity index (χ3n) is 5.88. The molecule has 3 aromatic carbocycles. The smallest absolute Gasteiger partial charge is 0.251 e.